The van der Waals surface area contributed by atoms with Crippen LogP contribution in [0.5, 0.6) is 5.75 Å². The van der Waals surface area contributed by atoms with Gasteiger partial charge in [-0.2, -0.15) is 0 Å². The highest BCUT2D eigenvalue weighted by Crippen LogP contribution is 2.31. The molecule has 1 N–H and O–H groups in total. The molecule has 0 bridgehead atoms. The minimum atomic E-state index is 0.0294. The zero-order chi connectivity index (χ0) is 21.4. The molecule has 0 spiro atoms. The SMILES string of the molecule is CCOc1ccc(-c2cn3c(n2)sc2cc(C(=O)N[C@@H]4CCCC[C@H]4C)ccc23)cc1. The summed E-state index contributed by atoms with van der Waals surface area (Å²) in [5.41, 5.74) is 3.79. The quantitative estimate of drug-likeness (QED) is 0.425. The van der Waals surface area contributed by atoms with E-state index < -0.39 is 0 Å². The Morgan fingerprint density at radius 1 is 1.19 bits per heavy atom. The fourth-order valence-corrected chi connectivity index (χ4v) is 5.50. The van der Waals surface area contributed by atoms with Gasteiger partial charge in [0.2, 0.25) is 0 Å². The lowest BCUT2D eigenvalue weighted by Crippen LogP contribution is -2.41. The molecule has 2 atom stereocenters. The normalized spacial score (nSPS) is 19.0. The largest absolute Gasteiger partial charge is 0.494 e. The van der Waals surface area contributed by atoms with Gasteiger partial charge in [-0.25, -0.2) is 4.98 Å². The molecular formula is C25H27N3O2S. The highest BCUT2D eigenvalue weighted by molar-refractivity contribution is 7.23. The lowest BCUT2D eigenvalue weighted by Gasteiger charge is -2.29. The van der Waals surface area contributed by atoms with Crippen molar-refractivity contribution in [1.82, 2.24) is 14.7 Å². The predicted molar refractivity (Wildman–Crippen MR) is 126 cm³/mol. The van der Waals surface area contributed by atoms with E-state index in [9.17, 15) is 4.79 Å². The van der Waals surface area contributed by atoms with Crippen molar-refractivity contribution in [2.24, 2.45) is 5.92 Å². The lowest BCUT2D eigenvalue weighted by atomic mass is 9.86. The maximum absolute atomic E-state index is 12.8. The number of thiazole rings is 1. The first kappa shape index (κ1) is 20.1. The van der Waals surface area contributed by atoms with Crippen LogP contribution in [0.2, 0.25) is 0 Å². The van der Waals surface area contributed by atoms with Crippen LogP contribution < -0.4 is 10.1 Å². The number of amides is 1. The Kier molecular flexibility index (Phi) is 5.40. The molecule has 4 aromatic rings. The molecule has 5 rings (SSSR count). The number of nitrogens with zero attached hydrogens (tertiary/aromatic N) is 2. The summed E-state index contributed by atoms with van der Waals surface area (Å²) in [5.74, 6) is 1.44. The van der Waals surface area contributed by atoms with Crippen molar-refractivity contribution >= 4 is 32.4 Å². The topological polar surface area (TPSA) is 55.6 Å². The smallest absolute Gasteiger partial charge is 0.251 e. The number of carbonyl (C=O) groups excluding carboxylic acids is 1. The van der Waals surface area contributed by atoms with E-state index in [-0.39, 0.29) is 11.9 Å². The number of nitrogens with one attached hydrogen (secondary N) is 1. The number of benzene rings is 2. The first-order valence-corrected chi connectivity index (χ1v) is 11.9. The van der Waals surface area contributed by atoms with E-state index in [0.29, 0.717) is 12.5 Å². The van der Waals surface area contributed by atoms with Gasteiger partial charge in [-0.05, 0) is 68.1 Å². The molecule has 160 valence electrons. The van der Waals surface area contributed by atoms with E-state index in [2.05, 4.69) is 22.8 Å². The van der Waals surface area contributed by atoms with Gasteiger partial charge in [-0.1, -0.05) is 31.1 Å². The van der Waals surface area contributed by atoms with E-state index >= 15 is 0 Å². The Morgan fingerprint density at radius 3 is 2.77 bits per heavy atom. The van der Waals surface area contributed by atoms with E-state index in [0.717, 1.165) is 44.2 Å². The van der Waals surface area contributed by atoms with E-state index in [1.54, 1.807) is 11.3 Å². The standard InChI is InChI=1S/C25H27N3O2S/c1-3-30-19-11-8-17(9-12-19)21-15-28-22-13-10-18(14-23(22)31-25(28)27-21)24(29)26-20-7-5-4-6-16(20)2/h8-16,20H,3-7H2,1-2H3,(H,26,29)/t16-,20-/m1/s1. The number of ether oxygens (including phenoxy) is 1. The molecular weight excluding hydrogens is 406 g/mol. The molecule has 0 unspecified atom stereocenters. The van der Waals surface area contributed by atoms with Crippen LogP contribution in [0, 0.1) is 5.92 Å². The first-order valence-electron chi connectivity index (χ1n) is 11.1. The molecule has 1 fully saturated rings. The molecule has 2 aromatic heterocycles. The predicted octanol–water partition coefficient (Wildman–Crippen LogP) is 5.92. The summed E-state index contributed by atoms with van der Waals surface area (Å²) in [7, 11) is 0. The average Bonchev–Trinajstić information content (AvgIpc) is 3.33. The number of imidazole rings is 1. The van der Waals surface area contributed by atoms with Crippen molar-refractivity contribution in [3.8, 4) is 17.0 Å². The summed E-state index contributed by atoms with van der Waals surface area (Å²) in [5, 5.41) is 3.25. The molecule has 1 aliphatic carbocycles. The van der Waals surface area contributed by atoms with Crippen LogP contribution in [0.1, 0.15) is 49.9 Å². The molecule has 1 saturated carbocycles. The second kappa shape index (κ2) is 8.35. The Hall–Kier alpha value is -2.86. The Bertz CT molecular complexity index is 1230. The third-order valence-corrected chi connectivity index (χ3v) is 7.26. The second-order valence-electron chi connectivity index (χ2n) is 8.36. The first-order chi connectivity index (χ1) is 15.1. The Labute approximate surface area is 186 Å². The molecule has 0 aliphatic heterocycles. The number of hydrogen-bond acceptors (Lipinski definition) is 4. The van der Waals surface area contributed by atoms with Crippen LogP contribution in [0.25, 0.3) is 26.4 Å². The highest BCUT2D eigenvalue weighted by atomic mass is 32.1. The number of fused-ring (bicyclic) bond motifs is 3. The molecule has 1 aliphatic rings. The summed E-state index contributed by atoms with van der Waals surface area (Å²) in [6.07, 6.45) is 6.81. The van der Waals surface area contributed by atoms with Crippen LogP contribution in [-0.4, -0.2) is 27.9 Å². The molecule has 6 heteroatoms. The fourth-order valence-electron chi connectivity index (χ4n) is 4.45. The van der Waals surface area contributed by atoms with Gasteiger partial charge in [-0.3, -0.25) is 9.20 Å². The molecule has 2 heterocycles. The molecule has 5 nitrogen and oxygen atoms in total. The average molecular weight is 434 g/mol. The van der Waals surface area contributed by atoms with Gasteiger partial charge in [0, 0.05) is 23.4 Å². The maximum atomic E-state index is 12.8. The number of carbonyl (C=O) groups is 1. The third kappa shape index (κ3) is 3.92. The van der Waals surface area contributed by atoms with Gasteiger partial charge < -0.3 is 10.1 Å². The molecule has 2 aromatic carbocycles. The Morgan fingerprint density at radius 2 is 2.00 bits per heavy atom. The van der Waals surface area contributed by atoms with Crippen LogP contribution >= 0.6 is 11.3 Å². The fraction of sp³-hybridized carbons (Fsp3) is 0.360. The van der Waals surface area contributed by atoms with Gasteiger partial charge >= 0.3 is 0 Å². The van der Waals surface area contributed by atoms with Crippen LogP contribution in [0.4, 0.5) is 0 Å². The van der Waals surface area contributed by atoms with Gasteiger partial charge in [-0.15, -0.1) is 0 Å². The van der Waals surface area contributed by atoms with Gasteiger partial charge in [0.1, 0.15) is 5.75 Å². The van der Waals surface area contributed by atoms with Crippen molar-refractivity contribution in [3.05, 3.63) is 54.2 Å². The number of hydrogen-bond donors (Lipinski definition) is 1. The van der Waals surface area contributed by atoms with Crippen molar-refractivity contribution in [3.63, 3.8) is 0 Å². The molecule has 1 amide bonds. The van der Waals surface area contributed by atoms with E-state index in [1.807, 2.05) is 49.4 Å². The van der Waals surface area contributed by atoms with Gasteiger partial charge in [0.05, 0.1) is 22.5 Å². The highest BCUT2D eigenvalue weighted by Gasteiger charge is 2.23. The zero-order valence-electron chi connectivity index (χ0n) is 17.9. The van der Waals surface area contributed by atoms with Crippen molar-refractivity contribution in [2.45, 2.75) is 45.6 Å². The van der Waals surface area contributed by atoms with Crippen LogP contribution in [0.3, 0.4) is 0 Å². The summed E-state index contributed by atoms with van der Waals surface area (Å²) in [4.78, 5) is 18.6. The monoisotopic (exact) mass is 433 g/mol. The van der Waals surface area contributed by atoms with E-state index in [1.165, 1.54) is 19.3 Å². The van der Waals surface area contributed by atoms with Crippen LogP contribution in [0.15, 0.2) is 48.7 Å². The summed E-state index contributed by atoms with van der Waals surface area (Å²) in [6.45, 7) is 4.88. The maximum Gasteiger partial charge on any atom is 0.251 e. The number of rotatable bonds is 5. The number of aromatic nitrogens is 2. The summed E-state index contributed by atoms with van der Waals surface area (Å²) >= 11 is 1.61. The summed E-state index contributed by atoms with van der Waals surface area (Å²) < 4.78 is 8.71. The minimum Gasteiger partial charge on any atom is -0.494 e. The lowest BCUT2D eigenvalue weighted by molar-refractivity contribution is 0.0910. The van der Waals surface area contributed by atoms with Crippen molar-refractivity contribution in [1.29, 1.82) is 0 Å². The van der Waals surface area contributed by atoms with Crippen molar-refractivity contribution in [2.75, 3.05) is 6.61 Å². The summed E-state index contributed by atoms with van der Waals surface area (Å²) in [6, 6.07) is 14.3. The molecule has 0 radical (unpaired) electrons. The van der Waals surface area contributed by atoms with E-state index in [4.69, 9.17) is 9.72 Å². The van der Waals surface area contributed by atoms with Crippen molar-refractivity contribution < 1.29 is 9.53 Å². The van der Waals surface area contributed by atoms with Gasteiger partial charge in [0.15, 0.2) is 4.96 Å². The molecule has 0 saturated heterocycles. The van der Waals surface area contributed by atoms with Gasteiger partial charge in [0.25, 0.3) is 5.91 Å². The molecule has 31 heavy (non-hydrogen) atoms. The van der Waals surface area contributed by atoms with Crippen LogP contribution in [-0.2, 0) is 0 Å². The minimum absolute atomic E-state index is 0.0294. The third-order valence-electron chi connectivity index (χ3n) is 6.25. The second-order valence-corrected chi connectivity index (χ2v) is 9.37. The zero-order valence-corrected chi connectivity index (χ0v) is 18.7. The Balaban J connectivity index is 1.39.